The largest absolute Gasteiger partial charge is 0.508 e. The van der Waals surface area contributed by atoms with E-state index < -0.39 is 6.10 Å². The van der Waals surface area contributed by atoms with Gasteiger partial charge in [-0.25, -0.2) is 0 Å². The van der Waals surface area contributed by atoms with E-state index in [-0.39, 0.29) is 42.8 Å². The number of rotatable bonds is 1. The number of hydrogen-bond acceptors (Lipinski definition) is 5. The molecule has 0 unspecified atom stereocenters. The fraction of sp³-hybridized carbons (Fsp3) is 0.294. The summed E-state index contributed by atoms with van der Waals surface area (Å²) < 4.78 is 0. The van der Waals surface area contributed by atoms with E-state index in [0.717, 1.165) is 5.56 Å². The van der Waals surface area contributed by atoms with Crippen LogP contribution in [0.15, 0.2) is 30.3 Å². The second kappa shape index (κ2) is 5.77. The molecule has 0 saturated carbocycles. The number of aliphatic hydroxyl groups is 1. The van der Waals surface area contributed by atoms with Crippen LogP contribution in [-0.2, 0) is 12.8 Å². The zero-order valence-electron chi connectivity index (χ0n) is 11.2. The molecule has 0 saturated heterocycles. The van der Waals surface area contributed by atoms with E-state index in [4.69, 9.17) is 0 Å². The molecule has 2 aromatic carbocycles. The SMILES string of the molecule is C.Oc1cc(O)c2c(c1)C[C@H](c1ccc(O)c(O)c1)[C@@H](O)C2. The van der Waals surface area contributed by atoms with Gasteiger partial charge >= 0.3 is 0 Å². The van der Waals surface area contributed by atoms with E-state index in [0.29, 0.717) is 17.5 Å². The number of benzene rings is 2. The van der Waals surface area contributed by atoms with E-state index in [9.17, 15) is 25.5 Å². The first-order valence-corrected chi connectivity index (χ1v) is 6.69. The van der Waals surface area contributed by atoms with Crippen molar-refractivity contribution in [2.24, 2.45) is 0 Å². The first-order valence-electron chi connectivity index (χ1n) is 6.69. The minimum atomic E-state index is -0.711. The van der Waals surface area contributed by atoms with Gasteiger partial charge in [0.25, 0.3) is 0 Å². The summed E-state index contributed by atoms with van der Waals surface area (Å²) in [5.74, 6) is -0.750. The molecule has 5 heteroatoms. The molecular weight excluding hydrogens is 284 g/mol. The van der Waals surface area contributed by atoms with Crippen molar-refractivity contribution in [3.05, 3.63) is 47.0 Å². The maximum Gasteiger partial charge on any atom is 0.157 e. The summed E-state index contributed by atoms with van der Waals surface area (Å²) in [6.45, 7) is 0. The lowest BCUT2D eigenvalue weighted by atomic mass is 9.77. The van der Waals surface area contributed by atoms with Crippen LogP contribution < -0.4 is 0 Å². The quantitative estimate of drug-likeness (QED) is 0.521. The zero-order chi connectivity index (χ0) is 15.1. The van der Waals surface area contributed by atoms with Crippen molar-refractivity contribution in [3.63, 3.8) is 0 Å². The standard InChI is InChI=1S/C16H16O5.CH4/c17-10-3-9-4-11(8-1-2-13(18)16(21)5-8)15(20)7-12(9)14(19)6-10;/h1-3,5-6,11,15,17-21H,4,7H2;1H4/t11-,15+;/m1./s1. The van der Waals surface area contributed by atoms with Crippen molar-refractivity contribution >= 4 is 0 Å². The molecule has 118 valence electrons. The summed E-state index contributed by atoms with van der Waals surface area (Å²) in [5, 5.41) is 48.7. The van der Waals surface area contributed by atoms with Gasteiger partial charge < -0.3 is 25.5 Å². The first-order chi connectivity index (χ1) is 9.95. The summed E-state index contributed by atoms with van der Waals surface area (Å²) in [5.41, 5.74) is 2.11. The highest BCUT2D eigenvalue weighted by Crippen LogP contribution is 2.40. The fourth-order valence-corrected chi connectivity index (χ4v) is 2.95. The monoisotopic (exact) mass is 304 g/mol. The first kappa shape index (κ1) is 16.0. The van der Waals surface area contributed by atoms with Crippen molar-refractivity contribution in [1.29, 1.82) is 0 Å². The van der Waals surface area contributed by atoms with Gasteiger partial charge in [0.1, 0.15) is 11.5 Å². The van der Waals surface area contributed by atoms with Crippen LogP contribution in [0.3, 0.4) is 0 Å². The molecule has 2 aromatic rings. The Balaban J connectivity index is 0.00000176. The second-order valence-corrected chi connectivity index (χ2v) is 5.43. The van der Waals surface area contributed by atoms with Gasteiger partial charge in [-0.05, 0) is 41.3 Å². The van der Waals surface area contributed by atoms with Crippen LogP contribution >= 0.6 is 0 Å². The smallest absolute Gasteiger partial charge is 0.157 e. The third-order valence-corrected chi connectivity index (χ3v) is 4.05. The average molecular weight is 304 g/mol. The Morgan fingerprint density at radius 1 is 0.818 bits per heavy atom. The van der Waals surface area contributed by atoms with Crippen molar-refractivity contribution in [3.8, 4) is 23.0 Å². The van der Waals surface area contributed by atoms with Gasteiger partial charge in [-0.15, -0.1) is 0 Å². The molecule has 22 heavy (non-hydrogen) atoms. The van der Waals surface area contributed by atoms with Gasteiger partial charge in [-0.1, -0.05) is 13.5 Å². The number of phenolic OH excluding ortho intramolecular Hbond substituents is 4. The van der Waals surface area contributed by atoms with Gasteiger partial charge in [-0.3, -0.25) is 0 Å². The molecule has 0 aromatic heterocycles. The van der Waals surface area contributed by atoms with Crippen LogP contribution in [0.5, 0.6) is 23.0 Å². The third-order valence-electron chi connectivity index (χ3n) is 4.05. The van der Waals surface area contributed by atoms with Crippen molar-refractivity contribution in [2.45, 2.75) is 32.3 Å². The number of phenols is 4. The summed E-state index contributed by atoms with van der Waals surface area (Å²) >= 11 is 0. The van der Waals surface area contributed by atoms with Crippen LogP contribution in [-0.4, -0.2) is 31.6 Å². The van der Waals surface area contributed by atoms with E-state index in [1.165, 1.54) is 18.2 Å². The predicted octanol–water partition coefficient (Wildman–Crippen LogP) is 2.39. The predicted molar refractivity (Wildman–Crippen MR) is 82.4 cm³/mol. The maximum absolute atomic E-state index is 10.3. The third kappa shape index (κ3) is 2.67. The Morgan fingerprint density at radius 3 is 2.23 bits per heavy atom. The van der Waals surface area contributed by atoms with Gasteiger partial charge in [0.15, 0.2) is 11.5 Å². The Morgan fingerprint density at radius 2 is 1.55 bits per heavy atom. The minimum absolute atomic E-state index is 0. The van der Waals surface area contributed by atoms with Crippen LogP contribution in [0, 0.1) is 0 Å². The Bertz CT molecular complexity index is 696. The maximum atomic E-state index is 10.3. The molecule has 5 N–H and O–H groups in total. The summed E-state index contributed by atoms with van der Waals surface area (Å²) in [6.07, 6.45) is -0.00643. The van der Waals surface area contributed by atoms with E-state index in [1.807, 2.05) is 0 Å². The molecule has 0 bridgehead atoms. The van der Waals surface area contributed by atoms with Crippen molar-refractivity contribution < 1.29 is 25.5 Å². The lowest BCUT2D eigenvalue weighted by molar-refractivity contribution is 0.134. The normalized spacial score (nSPS) is 20.0. The molecule has 0 fully saturated rings. The summed E-state index contributed by atoms with van der Waals surface area (Å²) in [7, 11) is 0. The van der Waals surface area contributed by atoms with Crippen molar-refractivity contribution in [1.82, 2.24) is 0 Å². The van der Waals surface area contributed by atoms with Gasteiger partial charge in [-0.2, -0.15) is 0 Å². The molecule has 0 spiro atoms. The highest BCUT2D eigenvalue weighted by atomic mass is 16.3. The van der Waals surface area contributed by atoms with Crippen LogP contribution in [0.2, 0.25) is 0 Å². The van der Waals surface area contributed by atoms with Gasteiger partial charge in [0.05, 0.1) is 6.10 Å². The average Bonchev–Trinajstić information content (AvgIpc) is 2.42. The molecule has 0 amide bonds. The Hall–Kier alpha value is -2.40. The van der Waals surface area contributed by atoms with Crippen LogP contribution in [0.4, 0.5) is 0 Å². The van der Waals surface area contributed by atoms with Gasteiger partial charge in [0, 0.05) is 18.4 Å². The highest BCUT2D eigenvalue weighted by Gasteiger charge is 2.30. The zero-order valence-corrected chi connectivity index (χ0v) is 11.2. The van der Waals surface area contributed by atoms with E-state index in [1.54, 1.807) is 12.1 Å². The fourth-order valence-electron chi connectivity index (χ4n) is 2.95. The summed E-state index contributed by atoms with van der Waals surface area (Å²) in [4.78, 5) is 0. The molecule has 5 nitrogen and oxygen atoms in total. The topological polar surface area (TPSA) is 101 Å². The van der Waals surface area contributed by atoms with E-state index >= 15 is 0 Å². The Labute approximate surface area is 128 Å². The highest BCUT2D eigenvalue weighted by molar-refractivity contribution is 5.49. The molecule has 1 aliphatic carbocycles. The number of aliphatic hydroxyl groups excluding tert-OH is 1. The molecular formula is C17H20O5. The number of aromatic hydroxyl groups is 4. The van der Waals surface area contributed by atoms with E-state index in [2.05, 4.69) is 0 Å². The Kier molecular flexibility index (Phi) is 4.19. The van der Waals surface area contributed by atoms with Gasteiger partial charge in [0.2, 0.25) is 0 Å². The molecule has 3 rings (SSSR count). The number of hydrogen-bond donors (Lipinski definition) is 5. The molecule has 0 aliphatic heterocycles. The molecule has 2 atom stereocenters. The molecule has 1 aliphatic rings. The second-order valence-electron chi connectivity index (χ2n) is 5.43. The molecule has 0 radical (unpaired) electrons. The lowest BCUT2D eigenvalue weighted by Crippen LogP contribution is -2.28. The minimum Gasteiger partial charge on any atom is -0.508 e. The molecule has 0 heterocycles. The van der Waals surface area contributed by atoms with Crippen LogP contribution in [0.1, 0.15) is 30.0 Å². The van der Waals surface area contributed by atoms with Crippen LogP contribution in [0.25, 0.3) is 0 Å². The number of fused-ring (bicyclic) bond motifs is 1. The summed E-state index contributed by atoms with van der Waals surface area (Å²) in [6, 6.07) is 7.30. The lowest BCUT2D eigenvalue weighted by Gasteiger charge is -2.30. The van der Waals surface area contributed by atoms with Crippen molar-refractivity contribution in [2.75, 3.05) is 0 Å².